The molecule has 0 radical (unpaired) electrons. The maximum Gasteiger partial charge on any atom is 0.272 e. The average Bonchev–Trinajstić information content (AvgIpc) is 3.23. The second-order valence-corrected chi connectivity index (χ2v) is 8.60. The zero-order valence-electron chi connectivity index (χ0n) is 17.3. The molecule has 4 heterocycles. The summed E-state index contributed by atoms with van der Waals surface area (Å²) in [6, 6.07) is 6.05. The quantitative estimate of drug-likeness (QED) is 0.686. The van der Waals surface area contributed by atoms with Crippen LogP contribution in [0.25, 0.3) is 5.65 Å². The van der Waals surface area contributed by atoms with E-state index in [1.54, 1.807) is 4.68 Å². The van der Waals surface area contributed by atoms with Gasteiger partial charge >= 0.3 is 0 Å². The predicted molar refractivity (Wildman–Crippen MR) is 110 cm³/mol. The molecule has 1 aliphatic rings. The third-order valence-electron chi connectivity index (χ3n) is 5.36. The number of hydrogen-bond acceptors (Lipinski definition) is 4. The minimum absolute atomic E-state index is 0.0301. The number of aryl methyl sites for hydroxylation is 2. The fraction of sp³-hybridized carbons (Fsp3) is 0.476. The third-order valence-corrected chi connectivity index (χ3v) is 5.36. The number of hydrogen-bond donors (Lipinski definition) is 0. The van der Waals surface area contributed by atoms with Gasteiger partial charge < -0.3 is 14.2 Å². The first-order chi connectivity index (χ1) is 13.2. The van der Waals surface area contributed by atoms with Crippen molar-refractivity contribution in [3.05, 3.63) is 47.7 Å². The van der Waals surface area contributed by atoms with Crippen LogP contribution in [0, 0.1) is 6.92 Å². The molecular weight excluding hydrogens is 352 g/mol. The molecular formula is C21H28N6O. The van der Waals surface area contributed by atoms with Crippen molar-refractivity contribution in [2.24, 2.45) is 7.05 Å². The van der Waals surface area contributed by atoms with Gasteiger partial charge in [-0.2, -0.15) is 5.10 Å². The normalized spacial score (nSPS) is 15.5. The number of fused-ring (bicyclic) bond motifs is 1. The van der Waals surface area contributed by atoms with Gasteiger partial charge in [-0.05, 0) is 25.1 Å². The summed E-state index contributed by atoms with van der Waals surface area (Å²) < 4.78 is 3.77. The highest BCUT2D eigenvalue weighted by atomic mass is 16.2. The Morgan fingerprint density at radius 2 is 1.79 bits per heavy atom. The van der Waals surface area contributed by atoms with Crippen molar-refractivity contribution < 1.29 is 4.79 Å². The summed E-state index contributed by atoms with van der Waals surface area (Å²) in [4.78, 5) is 21.8. The van der Waals surface area contributed by atoms with Crippen LogP contribution in [-0.4, -0.2) is 56.2 Å². The number of amides is 1. The first-order valence-electron chi connectivity index (χ1n) is 9.76. The van der Waals surface area contributed by atoms with Gasteiger partial charge in [0.05, 0.1) is 17.1 Å². The van der Waals surface area contributed by atoms with Gasteiger partial charge in [0.15, 0.2) is 0 Å². The SMILES string of the molecule is Cc1cc(C(=O)N2CCN(c3ccc4nc(C(C)(C)C)cn4c3)CC2)n(C)n1. The van der Waals surface area contributed by atoms with Crippen LogP contribution in [-0.2, 0) is 12.5 Å². The van der Waals surface area contributed by atoms with Crippen molar-refractivity contribution in [2.45, 2.75) is 33.1 Å². The molecule has 4 rings (SSSR count). The topological polar surface area (TPSA) is 58.7 Å². The number of rotatable bonds is 2. The average molecular weight is 380 g/mol. The second-order valence-electron chi connectivity index (χ2n) is 8.60. The summed E-state index contributed by atoms with van der Waals surface area (Å²) in [6.45, 7) is 11.5. The lowest BCUT2D eigenvalue weighted by molar-refractivity contribution is 0.0735. The molecule has 0 atom stereocenters. The summed E-state index contributed by atoms with van der Waals surface area (Å²) in [6.07, 6.45) is 4.25. The van der Waals surface area contributed by atoms with Gasteiger partial charge in [-0.3, -0.25) is 9.48 Å². The van der Waals surface area contributed by atoms with Crippen molar-refractivity contribution in [2.75, 3.05) is 31.1 Å². The Labute approximate surface area is 165 Å². The molecule has 1 saturated heterocycles. The summed E-state index contributed by atoms with van der Waals surface area (Å²) >= 11 is 0. The van der Waals surface area contributed by atoms with E-state index in [-0.39, 0.29) is 11.3 Å². The van der Waals surface area contributed by atoms with E-state index in [1.165, 1.54) is 0 Å². The third kappa shape index (κ3) is 3.37. The Morgan fingerprint density at radius 3 is 2.39 bits per heavy atom. The Hall–Kier alpha value is -2.83. The molecule has 148 valence electrons. The maximum atomic E-state index is 12.8. The molecule has 1 amide bonds. The fourth-order valence-electron chi connectivity index (χ4n) is 3.67. The fourth-order valence-corrected chi connectivity index (χ4v) is 3.67. The Balaban J connectivity index is 1.47. The van der Waals surface area contributed by atoms with E-state index >= 15 is 0 Å². The molecule has 0 bridgehead atoms. The maximum absolute atomic E-state index is 12.8. The minimum Gasteiger partial charge on any atom is -0.367 e. The molecule has 0 aromatic carbocycles. The van der Waals surface area contributed by atoms with E-state index in [0.29, 0.717) is 18.8 Å². The summed E-state index contributed by atoms with van der Waals surface area (Å²) in [7, 11) is 1.82. The van der Waals surface area contributed by atoms with Gasteiger partial charge in [0.2, 0.25) is 0 Å². The van der Waals surface area contributed by atoms with Gasteiger partial charge in [-0.25, -0.2) is 4.98 Å². The molecule has 0 unspecified atom stereocenters. The first-order valence-corrected chi connectivity index (χ1v) is 9.76. The molecule has 3 aromatic heterocycles. The van der Waals surface area contributed by atoms with E-state index < -0.39 is 0 Å². The number of imidazole rings is 1. The number of carbonyl (C=O) groups is 1. The van der Waals surface area contributed by atoms with Gasteiger partial charge in [0.1, 0.15) is 11.3 Å². The van der Waals surface area contributed by atoms with Crippen molar-refractivity contribution in [1.82, 2.24) is 24.1 Å². The van der Waals surface area contributed by atoms with Gasteiger partial charge in [-0.1, -0.05) is 20.8 Å². The largest absolute Gasteiger partial charge is 0.367 e. The number of nitrogens with zero attached hydrogens (tertiary/aromatic N) is 6. The van der Waals surface area contributed by atoms with E-state index in [9.17, 15) is 4.79 Å². The van der Waals surface area contributed by atoms with Crippen molar-refractivity contribution >= 4 is 17.2 Å². The zero-order chi connectivity index (χ0) is 20.1. The van der Waals surface area contributed by atoms with E-state index in [2.05, 4.69) is 59.7 Å². The highest BCUT2D eigenvalue weighted by Crippen LogP contribution is 2.24. The minimum atomic E-state index is 0.0301. The zero-order valence-corrected chi connectivity index (χ0v) is 17.3. The monoisotopic (exact) mass is 380 g/mol. The molecule has 0 spiro atoms. The molecule has 1 aliphatic heterocycles. The van der Waals surface area contributed by atoms with Crippen molar-refractivity contribution in [3.63, 3.8) is 0 Å². The van der Waals surface area contributed by atoms with Crippen LogP contribution in [0.3, 0.4) is 0 Å². The molecule has 0 aliphatic carbocycles. The smallest absolute Gasteiger partial charge is 0.272 e. The van der Waals surface area contributed by atoms with Crippen LogP contribution in [0.15, 0.2) is 30.6 Å². The molecule has 3 aromatic rings. The van der Waals surface area contributed by atoms with E-state index in [1.807, 2.05) is 24.9 Å². The van der Waals surface area contributed by atoms with Crippen LogP contribution < -0.4 is 4.90 Å². The van der Waals surface area contributed by atoms with Crippen molar-refractivity contribution in [3.8, 4) is 0 Å². The Bertz CT molecular complexity index is 1020. The second kappa shape index (κ2) is 6.65. The molecule has 7 heteroatoms. The van der Waals surface area contributed by atoms with E-state index in [0.717, 1.165) is 35.8 Å². The molecule has 0 N–H and O–H groups in total. The summed E-state index contributed by atoms with van der Waals surface area (Å²) in [5.41, 5.74) is 4.77. The molecule has 7 nitrogen and oxygen atoms in total. The molecule has 0 saturated carbocycles. The number of piperazine rings is 1. The van der Waals surface area contributed by atoms with Gasteiger partial charge in [0.25, 0.3) is 5.91 Å². The number of pyridine rings is 1. The predicted octanol–water partition coefficient (Wildman–Crippen LogP) is 2.64. The molecule has 1 fully saturated rings. The molecule has 28 heavy (non-hydrogen) atoms. The highest BCUT2D eigenvalue weighted by Gasteiger charge is 2.25. The highest BCUT2D eigenvalue weighted by molar-refractivity contribution is 5.92. The van der Waals surface area contributed by atoms with Crippen LogP contribution in [0.1, 0.15) is 42.6 Å². The lowest BCUT2D eigenvalue weighted by Crippen LogP contribution is -2.49. The lowest BCUT2D eigenvalue weighted by Gasteiger charge is -2.36. The summed E-state index contributed by atoms with van der Waals surface area (Å²) in [5, 5.41) is 4.29. The Kier molecular flexibility index (Phi) is 4.40. The number of anilines is 1. The standard InChI is InChI=1S/C21H28N6O/c1-15-12-17(24(5)23-15)20(28)26-10-8-25(9-11-26)16-6-7-19-22-18(21(2,3)4)14-27(19)13-16/h6-7,12-14H,8-11H2,1-5H3. The van der Waals surface area contributed by atoms with Crippen LogP contribution in [0.4, 0.5) is 5.69 Å². The Morgan fingerprint density at radius 1 is 1.07 bits per heavy atom. The van der Waals surface area contributed by atoms with Crippen LogP contribution in [0.2, 0.25) is 0 Å². The van der Waals surface area contributed by atoms with Crippen LogP contribution >= 0.6 is 0 Å². The van der Waals surface area contributed by atoms with Gasteiger partial charge in [0, 0.05) is 51.0 Å². The lowest BCUT2D eigenvalue weighted by atomic mass is 9.93. The summed E-state index contributed by atoms with van der Waals surface area (Å²) in [5.74, 6) is 0.0580. The number of aromatic nitrogens is 4. The van der Waals surface area contributed by atoms with E-state index in [4.69, 9.17) is 4.98 Å². The van der Waals surface area contributed by atoms with Crippen molar-refractivity contribution in [1.29, 1.82) is 0 Å². The first kappa shape index (κ1) is 18.5. The van der Waals surface area contributed by atoms with Crippen LogP contribution in [0.5, 0.6) is 0 Å². The number of carbonyl (C=O) groups excluding carboxylic acids is 1. The van der Waals surface area contributed by atoms with Gasteiger partial charge in [-0.15, -0.1) is 0 Å².